The van der Waals surface area contributed by atoms with Gasteiger partial charge >= 0.3 is 0 Å². The topological polar surface area (TPSA) is 12.0 Å². The van der Waals surface area contributed by atoms with Crippen molar-refractivity contribution in [1.29, 1.82) is 0 Å². The maximum atomic E-state index is 13.1. The molecular weight excluding hydrogens is 201 g/mol. The minimum absolute atomic E-state index is 0.148. The van der Waals surface area contributed by atoms with E-state index in [4.69, 9.17) is 0 Å². The summed E-state index contributed by atoms with van der Waals surface area (Å²) >= 11 is 0. The SMILES string of the molecule is CC1CCCC1N[C@@H](C)c1cccc(F)c1. The van der Waals surface area contributed by atoms with Crippen LogP contribution in [-0.4, -0.2) is 6.04 Å². The fraction of sp³-hybridized carbons (Fsp3) is 0.571. The van der Waals surface area contributed by atoms with Crippen LogP contribution in [0, 0.1) is 11.7 Å². The molecular formula is C14H20FN. The summed E-state index contributed by atoms with van der Waals surface area (Å²) in [5.41, 5.74) is 1.04. The second-order valence-corrected chi connectivity index (χ2v) is 4.96. The van der Waals surface area contributed by atoms with Crippen LogP contribution in [0.25, 0.3) is 0 Å². The van der Waals surface area contributed by atoms with Gasteiger partial charge < -0.3 is 5.32 Å². The highest BCUT2D eigenvalue weighted by atomic mass is 19.1. The lowest BCUT2D eigenvalue weighted by Gasteiger charge is -2.23. The highest BCUT2D eigenvalue weighted by Gasteiger charge is 2.24. The standard InChI is InChI=1S/C14H20FN/c1-10-5-3-8-14(10)16-11(2)12-6-4-7-13(15)9-12/h4,6-7,9-11,14,16H,3,5,8H2,1-2H3/t10?,11-,14?/m0/s1. The van der Waals surface area contributed by atoms with Crippen LogP contribution >= 0.6 is 0 Å². The lowest BCUT2D eigenvalue weighted by molar-refractivity contribution is 0.388. The van der Waals surface area contributed by atoms with Crippen LogP contribution in [0.4, 0.5) is 4.39 Å². The molecule has 1 N–H and O–H groups in total. The second kappa shape index (κ2) is 4.96. The molecule has 0 heterocycles. The van der Waals surface area contributed by atoms with Crippen molar-refractivity contribution >= 4 is 0 Å². The Balaban J connectivity index is 1.99. The van der Waals surface area contributed by atoms with Crippen molar-refractivity contribution in [1.82, 2.24) is 5.32 Å². The molecule has 1 aromatic carbocycles. The molecule has 2 unspecified atom stereocenters. The molecule has 0 spiro atoms. The van der Waals surface area contributed by atoms with Crippen molar-refractivity contribution in [3.63, 3.8) is 0 Å². The summed E-state index contributed by atoms with van der Waals surface area (Å²) in [7, 11) is 0. The zero-order chi connectivity index (χ0) is 11.5. The summed E-state index contributed by atoms with van der Waals surface area (Å²) in [6.45, 7) is 4.41. The minimum atomic E-state index is -0.148. The van der Waals surface area contributed by atoms with Gasteiger partial charge in [0.25, 0.3) is 0 Å². The highest BCUT2D eigenvalue weighted by Crippen LogP contribution is 2.27. The van der Waals surface area contributed by atoms with Gasteiger partial charge in [-0.3, -0.25) is 0 Å². The van der Waals surface area contributed by atoms with Gasteiger partial charge in [0, 0.05) is 12.1 Å². The zero-order valence-electron chi connectivity index (χ0n) is 10.0. The minimum Gasteiger partial charge on any atom is -0.307 e. The van der Waals surface area contributed by atoms with E-state index in [-0.39, 0.29) is 11.9 Å². The average Bonchev–Trinajstić information content (AvgIpc) is 2.64. The molecule has 0 aromatic heterocycles. The summed E-state index contributed by atoms with van der Waals surface area (Å²) in [6, 6.07) is 7.71. The molecule has 1 fully saturated rings. The van der Waals surface area contributed by atoms with Gasteiger partial charge in [0.05, 0.1) is 0 Å². The van der Waals surface area contributed by atoms with E-state index in [1.165, 1.54) is 25.3 Å². The molecule has 0 radical (unpaired) electrons. The molecule has 0 aliphatic heterocycles. The Morgan fingerprint density at radius 1 is 1.38 bits per heavy atom. The van der Waals surface area contributed by atoms with Gasteiger partial charge in [0.15, 0.2) is 0 Å². The smallest absolute Gasteiger partial charge is 0.123 e. The lowest BCUT2D eigenvalue weighted by atomic mass is 10.0. The van der Waals surface area contributed by atoms with E-state index in [9.17, 15) is 4.39 Å². The number of nitrogens with one attached hydrogen (secondary N) is 1. The number of hydrogen-bond acceptors (Lipinski definition) is 1. The van der Waals surface area contributed by atoms with Gasteiger partial charge in [-0.2, -0.15) is 0 Å². The molecule has 16 heavy (non-hydrogen) atoms. The van der Waals surface area contributed by atoms with Crippen LogP contribution < -0.4 is 5.32 Å². The van der Waals surface area contributed by atoms with Crippen LogP contribution in [0.15, 0.2) is 24.3 Å². The maximum absolute atomic E-state index is 13.1. The van der Waals surface area contributed by atoms with Gasteiger partial charge in [-0.05, 0) is 43.4 Å². The monoisotopic (exact) mass is 221 g/mol. The van der Waals surface area contributed by atoms with Crippen molar-refractivity contribution < 1.29 is 4.39 Å². The first-order valence-electron chi connectivity index (χ1n) is 6.18. The van der Waals surface area contributed by atoms with Crippen LogP contribution in [0.3, 0.4) is 0 Å². The number of benzene rings is 1. The summed E-state index contributed by atoms with van der Waals surface area (Å²) < 4.78 is 13.1. The van der Waals surface area contributed by atoms with E-state index in [0.29, 0.717) is 6.04 Å². The number of halogens is 1. The normalized spacial score (nSPS) is 26.9. The molecule has 1 aliphatic rings. The third kappa shape index (κ3) is 2.62. The van der Waals surface area contributed by atoms with Gasteiger partial charge in [-0.15, -0.1) is 0 Å². The summed E-state index contributed by atoms with van der Waals surface area (Å²) in [5.74, 6) is 0.599. The molecule has 1 aliphatic carbocycles. The molecule has 0 amide bonds. The first-order valence-corrected chi connectivity index (χ1v) is 6.18. The molecule has 1 nitrogen and oxygen atoms in total. The van der Waals surface area contributed by atoms with Gasteiger partial charge in [0.1, 0.15) is 5.82 Å². The molecule has 2 heteroatoms. The van der Waals surface area contributed by atoms with Crippen LogP contribution in [0.2, 0.25) is 0 Å². The predicted octanol–water partition coefficient (Wildman–Crippen LogP) is 3.66. The highest BCUT2D eigenvalue weighted by molar-refractivity contribution is 5.19. The van der Waals surface area contributed by atoms with E-state index < -0.39 is 0 Å². The number of rotatable bonds is 3. The lowest BCUT2D eigenvalue weighted by Crippen LogP contribution is -2.33. The van der Waals surface area contributed by atoms with E-state index in [1.807, 2.05) is 6.07 Å². The van der Waals surface area contributed by atoms with Crippen molar-refractivity contribution in [2.24, 2.45) is 5.92 Å². The average molecular weight is 221 g/mol. The Morgan fingerprint density at radius 3 is 2.81 bits per heavy atom. The summed E-state index contributed by atoms with van der Waals surface area (Å²) in [5, 5.41) is 3.61. The van der Waals surface area contributed by atoms with Crippen LogP contribution in [-0.2, 0) is 0 Å². The van der Waals surface area contributed by atoms with Crippen molar-refractivity contribution in [3.8, 4) is 0 Å². The van der Waals surface area contributed by atoms with E-state index in [1.54, 1.807) is 12.1 Å². The van der Waals surface area contributed by atoms with Gasteiger partial charge in [-0.25, -0.2) is 4.39 Å². The molecule has 3 atom stereocenters. The molecule has 0 bridgehead atoms. The molecule has 0 saturated heterocycles. The van der Waals surface area contributed by atoms with Crippen molar-refractivity contribution in [3.05, 3.63) is 35.6 Å². The molecule has 88 valence electrons. The second-order valence-electron chi connectivity index (χ2n) is 4.96. The molecule has 2 rings (SSSR count). The van der Waals surface area contributed by atoms with Crippen molar-refractivity contribution in [2.45, 2.75) is 45.2 Å². The van der Waals surface area contributed by atoms with E-state index in [2.05, 4.69) is 19.2 Å². The number of hydrogen-bond donors (Lipinski definition) is 1. The predicted molar refractivity (Wildman–Crippen MR) is 64.8 cm³/mol. The summed E-state index contributed by atoms with van der Waals surface area (Å²) in [6.07, 6.45) is 3.88. The van der Waals surface area contributed by atoms with Crippen LogP contribution in [0.1, 0.15) is 44.7 Å². The fourth-order valence-electron chi connectivity index (χ4n) is 2.59. The Hall–Kier alpha value is -0.890. The van der Waals surface area contributed by atoms with E-state index in [0.717, 1.165) is 11.5 Å². The Kier molecular flexibility index (Phi) is 3.59. The van der Waals surface area contributed by atoms with E-state index >= 15 is 0 Å². The van der Waals surface area contributed by atoms with Gasteiger partial charge in [0.2, 0.25) is 0 Å². The Labute approximate surface area is 97.1 Å². The quantitative estimate of drug-likeness (QED) is 0.821. The first-order chi connectivity index (χ1) is 7.66. The molecule has 1 saturated carbocycles. The third-order valence-corrected chi connectivity index (χ3v) is 3.67. The van der Waals surface area contributed by atoms with Crippen molar-refractivity contribution in [2.75, 3.05) is 0 Å². The maximum Gasteiger partial charge on any atom is 0.123 e. The summed E-state index contributed by atoms with van der Waals surface area (Å²) in [4.78, 5) is 0. The first kappa shape index (κ1) is 11.6. The molecule has 1 aromatic rings. The zero-order valence-corrected chi connectivity index (χ0v) is 10.0. The third-order valence-electron chi connectivity index (χ3n) is 3.67. The van der Waals surface area contributed by atoms with Gasteiger partial charge in [-0.1, -0.05) is 25.5 Å². The largest absolute Gasteiger partial charge is 0.307 e. The fourth-order valence-corrected chi connectivity index (χ4v) is 2.59. The Morgan fingerprint density at radius 2 is 2.19 bits per heavy atom. The Bertz CT molecular complexity index is 350. The van der Waals surface area contributed by atoms with Crippen LogP contribution in [0.5, 0.6) is 0 Å².